The SMILES string of the molecule is COc1cc2c3c(=O)c4ccc(C#N)cc4[nH]c3n(C(C)C)c2c(F)c1C1CCN(C(C)C)CC1. The van der Waals surface area contributed by atoms with Gasteiger partial charge in [0, 0.05) is 28.4 Å². The molecule has 1 fully saturated rings. The first-order valence-electron chi connectivity index (χ1n) is 12.3. The van der Waals surface area contributed by atoms with Gasteiger partial charge in [0.15, 0.2) is 11.2 Å². The summed E-state index contributed by atoms with van der Waals surface area (Å²) in [5.74, 6) is 0.248. The number of benzene rings is 2. The number of halogens is 1. The summed E-state index contributed by atoms with van der Waals surface area (Å²) in [4.78, 5) is 19.4. The lowest BCUT2D eigenvalue weighted by Gasteiger charge is -2.35. The monoisotopic (exact) mass is 474 g/mol. The Hall–Kier alpha value is -3.37. The maximum absolute atomic E-state index is 16.5. The van der Waals surface area contributed by atoms with Crippen molar-refractivity contribution in [1.29, 1.82) is 5.26 Å². The fraction of sp³-hybridized carbons (Fsp3) is 0.429. The van der Waals surface area contributed by atoms with Gasteiger partial charge in [0.1, 0.15) is 11.4 Å². The summed E-state index contributed by atoms with van der Waals surface area (Å²) in [7, 11) is 1.57. The van der Waals surface area contributed by atoms with Crippen LogP contribution in [0.25, 0.3) is 32.8 Å². The molecule has 5 rings (SSSR count). The second-order valence-electron chi connectivity index (χ2n) is 10.1. The summed E-state index contributed by atoms with van der Waals surface area (Å²) in [6.07, 6.45) is 1.72. The highest BCUT2D eigenvalue weighted by Gasteiger charge is 2.31. The number of likely N-dealkylation sites (tertiary alicyclic amines) is 1. The minimum atomic E-state index is -0.304. The normalized spacial score (nSPS) is 15.6. The highest BCUT2D eigenvalue weighted by molar-refractivity contribution is 6.11. The molecular formula is C28H31FN4O2. The van der Waals surface area contributed by atoms with E-state index in [0.29, 0.717) is 55.8 Å². The number of pyridine rings is 1. The Morgan fingerprint density at radius 3 is 2.43 bits per heavy atom. The van der Waals surface area contributed by atoms with E-state index < -0.39 is 0 Å². The van der Waals surface area contributed by atoms with Crippen LogP contribution < -0.4 is 10.2 Å². The Bertz CT molecular complexity index is 1550. The van der Waals surface area contributed by atoms with Gasteiger partial charge < -0.3 is 19.2 Å². The third-order valence-corrected chi connectivity index (χ3v) is 7.51. The number of aromatic nitrogens is 2. The molecule has 4 aromatic rings. The Balaban J connectivity index is 1.82. The van der Waals surface area contributed by atoms with Gasteiger partial charge in [-0.05, 0) is 83.8 Å². The second kappa shape index (κ2) is 8.69. The van der Waals surface area contributed by atoms with Crippen molar-refractivity contribution in [3.63, 3.8) is 0 Å². The van der Waals surface area contributed by atoms with Gasteiger partial charge in [0.2, 0.25) is 0 Å². The number of piperidine rings is 1. The number of H-pyrrole nitrogens is 1. The van der Waals surface area contributed by atoms with E-state index in [1.807, 2.05) is 24.5 Å². The molecule has 1 aliphatic heterocycles. The topological polar surface area (TPSA) is 74.0 Å². The van der Waals surface area contributed by atoms with Gasteiger partial charge in [-0.2, -0.15) is 5.26 Å². The Kier molecular flexibility index (Phi) is 5.80. The van der Waals surface area contributed by atoms with Crippen LogP contribution in [0.3, 0.4) is 0 Å². The fourth-order valence-electron chi connectivity index (χ4n) is 5.72. The Labute approximate surface area is 203 Å². The number of hydrogen-bond donors (Lipinski definition) is 1. The van der Waals surface area contributed by atoms with Crippen LogP contribution >= 0.6 is 0 Å². The van der Waals surface area contributed by atoms with Crippen LogP contribution in [0, 0.1) is 17.1 Å². The zero-order valence-corrected chi connectivity index (χ0v) is 20.9. The number of fused-ring (bicyclic) bond motifs is 4. The molecule has 0 spiro atoms. The molecule has 0 unspecified atom stereocenters. The number of hydrogen-bond acceptors (Lipinski definition) is 4. The van der Waals surface area contributed by atoms with E-state index in [2.05, 4.69) is 29.8 Å². The van der Waals surface area contributed by atoms with Crippen LogP contribution in [0.5, 0.6) is 5.75 Å². The fourth-order valence-corrected chi connectivity index (χ4v) is 5.72. The third-order valence-electron chi connectivity index (χ3n) is 7.51. The molecule has 3 heterocycles. The molecule has 0 atom stereocenters. The van der Waals surface area contributed by atoms with Crippen molar-refractivity contribution in [2.75, 3.05) is 20.2 Å². The largest absolute Gasteiger partial charge is 0.496 e. The summed E-state index contributed by atoms with van der Waals surface area (Å²) < 4.78 is 24.2. The van der Waals surface area contributed by atoms with E-state index in [1.54, 1.807) is 25.3 Å². The van der Waals surface area contributed by atoms with Crippen LogP contribution in [-0.2, 0) is 0 Å². The highest BCUT2D eigenvalue weighted by atomic mass is 19.1. The molecule has 35 heavy (non-hydrogen) atoms. The number of nitriles is 1. The summed E-state index contributed by atoms with van der Waals surface area (Å²) in [6, 6.07) is 9.30. The minimum absolute atomic E-state index is 0.0518. The van der Waals surface area contributed by atoms with Gasteiger partial charge in [0.05, 0.1) is 35.2 Å². The number of nitrogens with zero attached hydrogens (tertiary/aromatic N) is 3. The maximum atomic E-state index is 16.5. The molecule has 0 radical (unpaired) electrons. The number of rotatable bonds is 4. The van der Waals surface area contributed by atoms with Gasteiger partial charge in [-0.3, -0.25) is 4.79 Å². The first-order valence-corrected chi connectivity index (χ1v) is 12.3. The average molecular weight is 475 g/mol. The predicted molar refractivity (Wildman–Crippen MR) is 138 cm³/mol. The van der Waals surface area contributed by atoms with Crippen LogP contribution in [0.15, 0.2) is 29.1 Å². The second-order valence-corrected chi connectivity index (χ2v) is 10.1. The first-order chi connectivity index (χ1) is 16.8. The quantitative estimate of drug-likeness (QED) is 0.404. The minimum Gasteiger partial charge on any atom is -0.496 e. The highest BCUT2D eigenvalue weighted by Crippen LogP contribution is 2.43. The van der Waals surface area contributed by atoms with Crippen molar-refractivity contribution >= 4 is 32.8 Å². The Morgan fingerprint density at radius 1 is 1.11 bits per heavy atom. The summed E-state index contributed by atoms with van der Waals surface area (Å²) in [5, 5.41) is 10.8. The summed E-state index contributed by atoms with van der Waals surface area (Å²) in [6.45, 7) is 10.2. The maximum Gasteiger partial charge on any atom is 0.199 e. The molecule has 1 N–H and O–H groups in total. The molecule has 6 nitrogen and oxygen atoms in total. The van der Waals surface area contributed by atoms with Gasteiger partial charge in [-0.1, -0.05) is 0 Å². The molecule has 1 aliphatic rings. The van der Waals surface area contributed by atoms with Crippen molar-refractivity contribution in [3.05, 3.63) is 51.4 Å². The van der Waals surface area contributed by atoms with Crippen LogP contribution in [0.4, 0.5) is 4.39 Å². The van der Waals surface area contributed by atoms with E-state index in [0.717, 1.165) is 25.9 Å². The molecular weight excluding hydrogens is 443 g/mol. The van der Waals surface area contributed by atoms with Gasteiger partial charge in [-0.15, -0.1) is 0 Å². The van der Waals surface area contributed by atoms with Crippen molar-refractivity contribution in [3.8, 4) is 11.8 Å². The summed E-state index contributed by atoms with van der Waals surface area (Å²) >= 11 is 0. The lowest BCUT2D eigenvalue weighted by atomic mass is 9.87. The number of methoxy groups -OCH3 is 1. The smallest absolute Gasteiger partial charge is 0.199 e. The van der Waals surface area contributed by atoms with Crippen molar-refractivity contribution < 1.29 is 9.13 Å². The van der Waals surface area contributed by atoms with Gasteiger partial charge >= 0.3 is 0 Å². The zero-order chi connectivity index (χ0) is 25.0. The van der Waals surface area contributed by atoms with Gasteiger partial charge in [-0.25, -0.2) is 4.39 Å². The lowest BCUT2D eigenvalue weighted by Crippen LogP contribution is -2.38. The predicted octanol–water partition coefficient (Wildman–Crippen LogP) is 5.82. The standard InChI is InChI=1S/C28H31FN4O2/c1-15(2)32-10-8-18(9-11-32)23-22(35-5)13-20-24-27(34)19-7-6-17(14-30)12-21(19)31-28(24)33(16(3)4)26(20)25(23)29/h6-7,12-13,15-16,18H,8-11H2,1-5H3,(H,31,34). The van der Waals surface area contributed by atoms with E-state index in [4.69, 9.17) is 4.74 Å². The van der Waals surface area contributed by atoms with Crippen LogP contribution in [0.2, 0.25) is 0 Å². The molecule has 0 amide bonds. The Morgan fingerprint density at radius 2 is 1.83 bits per heavy atom. The van der Waals surface area contributed by atoms with Crippen molar-refractivity contribution in [2.45, 2.75) is 58.5 Å². The first kappa shape index (κ1) is 23.4. The van der Waals surface area contributed by atoms with Crippen molar-refractivity contribution in [1.82, 2.24) is 14.5 Å². The molecule has 7 heteroatoms. The number of aromatic amines is 1. The molecule has 2 aromatic carbocycles. The van der Waals surface area contributed by atoms with Gasteiger partial charge in [0.25, 0.3) is 0 Å². The number of ether oxygens (including phenoxy) is 1. The van der Waals surface area contributed by atoms with E-state index in [9.17, 15) is 10.1 Å². The van der Waals surface area contributed by atoms with E-state index >= 15 is 4.39 Å². The van der Waals surface area contributed by atoms with Crippen LogP contribution in [-0.4, -0.2) is 40.7 Å². The zero-order valence-electron chi connectivity index (χ0n) is 20.9. The molecule has 0 aliphatic carbocycles. The molecule has 0 saturated carbocycles. The lowest BCUT2D eigenvalue weighted by molar-refractivity contribution is 0.170. The van der Waals surface area contributed by atoms with E-state index in [1.165, 1.54) is 0 Å². The molecule has 1 saturated heterocycles. The summed E-state index contributed by atoms with van der Waals surface area (Å²) in [5.41, 5.74) is 2.46. The number of nitrogens with one attached hydrogen (secondary N) is 1. The van der Waals surface area contributed by atoms with Crippen molar-refractivity contribution in [2.24, 2.45) is 0 Å². The molecule has 0 bridgehead atoms. The average Bonchev–Trinajstić information content (AvgIpc) is 3.18. The third kappa shape index (κ3) is 3.59. The molecule has 182 valence electrons. The molecule has 2 aromatic heterocycles. The van der Waals surface area contributed by atoms with E-state index in [-0.39, 0.29) is 23.2 Å². The van der Waals surface area contributed by atoms with Crippen LogP contribution in [0.1, 0.15) is 63.6 Å².